The van der Waals surface area contributed by atoms with E-state index in [1.165, 1.54) is 16.8 Å². The molecule has 0 aliphatic heterocycles. The predicted octanol–water partition coefficient (Wildman–Crippen LogP) is -0.939. The zero-order valence-electron chi connectivity index (χ0n) is 9.89. The molecule has 0 bridgehead atoms. The first-order valence-corrected chi connectivity index (χ1v) is 7.46. The van der Waals surface area contributed by atoms with Crippen LogP contribution in [0.25, 0.3) is 0 Å². The van der Waals surface area contributed by atoms with E-state index in [0.29, 0.717) is 0 Å². The zero-order chi connectivity index (χ0) is 13.8. The summed E-state index contributed by atoms with van der Waals surface area (Å²) in [6.45, 7) is 0.803. The summed E-state index contributed by atoms with van der Waals surface area (Å²) >= 11 is 0. The van der Waals surface area contributed by atoms with Crippen molar-refractivity contribution in [3.8, 4) is 0 Å². The second kappa shape index (κ2) is 6.10. The fourth-order valence-electron chi connectivity index (χ4n) is 1.21. The molecule has 0 fully saturated rings. The molecule has 0 spiro atoms. The van der Waals surface area contributed by atoms with Gasteiger partial charge >= 0.3 is 5.69 Å². The Morgan fingerprint density at radius 2 is 2.33 bits per heavy atom. The highest BCUT2D eigenvalue weighted by atomic mass is 31.2. The summed E-state index contributed by atoms with van der Waals surface area (Å²) in [4.78, 5) is 24.0. The molecule has 8 nitrogen and oxygen atoms in total. The Labute approximate surface area is 103 Å². The molecule has 9 heteroatoms. The second-order valence-electron chi connectivity index (χ2n) is 3.94. The van der Waals surface area contributed by atoms with Gasteiger partial charge in [-0.05, 0) is 6.07 Å². The third-order valence-corrected chi connectivity index (χ3v) is 2.68. The monoisotopic (exact) mass is 277 g/mol. The van der Waals surface area contributed by atoms with Crippen molar-refractivity contribution in [3.05, 3.63) is 22.7 Å². The Morgan fingerprint density at radius 1 is 1.67 bits per heavy atom. The van der Waals surface area contributed by atoms with Crippen molar-refractivity contribution in [2.24, 2.45) is 0 Å². The Kier molecular flexibility index (Phi) is 5.03. The fraction of sp³-hybridized carbons (Fsp3) is 0.556. The number of hydrogen-bond donors (Lipinski definition) is 3. The van der Waals surface area contributed by atoms with Crippen molar-refractivity contribution in [3.63, 3.8) is 0 Å². The van der Waals surface area contributed by atoms with Gasteiger partial charge in [-0.1, -0.05) is 0 Å². The Morgan fingerprint density at radius 3 is 2.83 bits per heavy atom. The number of ether oxygens (including phenoxy) is 1. The van der Waals surface area contributed by atoms with Crippen LogP contribution in [0.2, 0.25) is 0 Å². The minimum absolute atomic E-state index is 0.0304. The molecule has 1 aromatic rings. The lowest BCUT2D eigenvalue weighted by molar-refractivity contribution is 0.0225. The van der Waals surface area contributed by atoms with E-state index in [9.17, 15) is 9.36 Å². The molecule has 0 radical (unpaired) electrons. The van der Waals surface area contributed by atoms with Crippen molar-refractivity contribution in [1.82, 2.24) is 9.55 Å². The summed E-state index contributed by atoms with van der Waals surface area (Å²) in [6, 6.07) is 1.44. The van der Waals surface area contributed by atoms with Crippen LogP contribution in [0.5, 0.6) is 0 Å². The predicted molar refractivity (Wildman–Crippen MR) is 65.5 cm³/mol. The standard InChI is InChI=1S/C9H16N3O5P/c1-18(15,16)6-17-7(5-13)4-12-3-2-8(10)11-9(12)14/h2-3,7,13H,4-6H2,1H3,(H,15,16)(H2,10,11,14)/t7-/m1/s1. The molecule has 2 atom stereocenters. The molecule has 0 aliphatic rings. The highest BCUT2D eigenvalue weighted by molar-refractivity contribution is 7.56. The molecular formula is C9H16N3O5P. The third kappa shape index (κ3) is 4.97. The Bertz CT molecular complexity index is 497. The number of rotatable bonds is 6. The summed E-state index contributed by atoms with van der Waals surface area (Å²) < 4.78 is 17.3. The van der Waals surface area contributed by atoms with Crippen LogP contribution in [0.3, 0.4) is 0 Å². The first-order chi connectivity index (χ1) is 8.31. The number of hydrogen-bond acceptors (Lipinski definition) is 6. The maximum atomic E-state index is 11.4. The molecule has 102 valence electrons. The fourth-order valence-corrected chi connectivity index (χ4v) is 1.69. The molecule has 18 heavy (non-hydrogen) atoms. The Hall–Kier alpha value is -1.21. The van der Waals surface area contributed by atoms with Gasteiger partial charge in [-0.2, -0.15) is 4.98 Å². The molecule has 0 aliphatic carbocycles. The van der Waals surface area contributed by atoms with Gasteiger partial charge in [-0.25, -0.2) is 4.79 Å². The van der Waals surface area contributed by atoms with Crippen LogP contribution in [0.1, 0.15) is 0 Å². The second-order valence-corrected chi connectivity index (χ2v) is 6.30. The van der Waals surface area contributed by atoms with Gasteiger partial charge in [-0.15, -0.1) is 0 Å². The van der Waals surface area contributed by atoms with Gasteiger partial charge in [-0.3, -0.25) is 9.13 Å². The van der Waals surface area contributed by atoms with Crippen LogP contribution in [0.15, 0.2) is 17.1 Å². The van der Waals surface area contributed by atoms with Crippen LogP contribution < -0.4 is 11.4 Å². The van der Waals surface area contributed by atoms with E-state index < -0.39 is 19.2 Å². The minimum Gasteiger partial charge on any atom is -0.394 e. The largest absolute Gasteiger partial charge is 0.394 e. The topological polar surface area (TPSA) is 128 Å². The lowest BCUT2D eigenvalue weighted by atomic mass is 10.3. The van der Waals surface area contributed by atoms with Crippen LogP contribution in [-0.2, 0) is 15.8 Å². The van der Waals surface area contributed by atoms with E-state index in [4.69, 9.17) is 20.5 Å². The molecule has 1 aromatic heterocycles. The van der Waals surface area contributed by atoms with Gasteiger partial charge in [0.1, 0.15) is 12.2 Å². The van der Waals surface area contributed by atoms with Crippen molar-refractivity contribution < 1.29 is 19.3 Å². The van der Waals surface area contributed by atoms with Gasteiger partial charge in [0, 0.05) is 12.9 Å². The van der Waals surface area contributed by atoms with E-state index in [1.54, 1.807) is 0 Å². The summed E-state index contributed by atoms with van der Waals surface area (Å²) in [5.74, 6) is 0.103. The number of anilines is 1. The number of nitrogens with zero attached hydrogens (tertiary/aromatic N) is 2. The maximum Gasteiger partial charge on any atom is 0.349 e. The van der Waals surface area contributed by atoms with Crippen molar-refractivity contribution in [2.45, 2.75) is 12.6 Å². The molecular weight excluding hydrogens is 261 g/mol. The van der Waals surface area contributed by atoms with Crippen molar-refractivity contribution in [1.29, 1.82) is 0 Å². The molecule has 0 saturated heterocycles. The summed E-state index contributed by atoms with van der Waals surface area (Å²) in [6.07, 6.45) is 0.282. The number of nitrogen functional groups attached to an aromatic ring is 1. The molecule has 1 unspecified atom stereocenters. The van der Waals surface area contributed by atoms with Crippen LogP contribution in [-0.4, -0.2) is 45.3 Å². The normalized spacial score (nSPS) is 16.2. The maximum absolute atomic E-state index is 11.4. The van der Waals surface area contributed by atoms with Crippen molar-refractivity contribution in [2.75, 3.05) is 25.4 Å². The van der Waals surface area contributed by atoms with E-state index in [2.05, 4.69) is 4.98 Å². The van der Waals surface area contributed by atoms with Crippen molar-refractivity contribution >= 4 is 13.2 Å². The zero-order valence-corrected chi connectivity index (χ0v) is 10.8. The number of aromatic nitrogens is 2. The lowest BCUT2D eigenvalue weighted by Gasteiger charge is -2.17. The number of nitrogens with two attached hydrogens (primary N) is 1. The Balaban J connectivity index is 2.68. The van der Waals surface area contributed by atoms with Crippen LogP contribution in [0.4, 0.5) is 5.82 Å². The first-order valence-electron chi connectivity index (χ1n) is 5.16. The third-order valence-electron chi connectivity index (χ3n) is 2.05. The highest BCUT2D eigenvalue weighted by Crippen LogP contribution is 2.35. The highest BCUT2D eigenvalue weighted by Gasteiger charge is 2.16. The van der Waals surface area contributed by atoms with Crippen LogP contribution >= 0.6 is 7.37 Å². The van der Waals surface area contributed by atoms with E-state index in [1.807, 2.05) is 0 Å². The van der Waals surface area contributed by atoms with Gasteiger partial charge in [0.2, 0.25) is 7.37 Å². The van der Waals surface area contributed by atoms with Gasteiger partial charge in [0.15, 0.2) is 0 Å². The van der Waals surface area contributed by atoms with E-state index in [0.717, 1.165) is 6.66 Å². The smallest absolute Gasteiger partial charge is 0.349 e. The number of aliphatic hydroxyl groups excluding tert-OH is 1. The molecule has 4 N–H and O–H groups in total. The molecule has 0 saturated carbocycles. The average molecular weight is 277 g/mol. The molecule has 1 heterocycles. The molecule has 1 rings (SSSR count). The lowest BCUT2D eigenvalue weighted by Crippen LogP contribution is -2.32. The number of aliphatic hydroxyl groups is 1. The summed E-state index contributed by atoms with van der Waals surface area (Å²) in [7, 11) is -3.31. The van der Waals surface area contributed by atoms with Gasteiger partial charge in [0.05, 0.1) is 19.3 Å². The summed E-state index contributed by atoms with van der Waals surface area (Å²) in [5.41, 5.74) is 4.76. The SMILES string of the molecule is CP(=O)(O)CO[C@@H](CO)Cn1ccc(N)nc1=O. The van der Waals surface area contributed by atoms with E-state index in [-0.39, 0.29) is 25.3 Å². The van der Waals surface area contributed by atoms with Crippen LogP contribution in [0, 0.1) is 0 Å². The quantitative estimate of drug-likeness (QED) is 0.572. The molecule has 0 amide bonds. The molecule has 0 aromatic carbocycles. The van der Waals surface area contributed by atoms with E-state index >= 15 is 0 Å². The average Bonchev–Trinajstić information content (AvgIpc) is 2.25. The first kappa shape index (κ1) is 14.8. The summed E-state index contributed by atoms with van der Waals surface area (Å²) in [5, 5.41) is 9.07. The minimum atomic E-state index is -3.31. The van der Waals surface area contributed by atoms with Gasteiger partial charge in [0.25, 0.3) is 0 Å². The van der Waals surface area contributed by atoms with Gasteiger partial charge < -0.3 is 20.5 Å².